The van der Waals surface area contributed by atoms with Gasteiger partial charge in [-0.15, -0.1) is 0 Å². The number of amides is 2. The van der Waals surface area contributed by atoms with Crippen LogP contribution in [0, 0.1) is 6.92 Å². The molecular formula is C19H27BrN6O4. The van der Waals surface area contributed by atoms with Crippen LogP contribution in [-0.4, -0.2) is 70.1 Å². The maximum absolute atomic E-state index is 12.4. The van der Waals surface area contributed by atoms with Crippen LogP contribution in [-0.2, 0) is 9.47 Å². The van der Waals surface area contributed by atoms with E-state index in [0.29, 0.717) is 50.1 Å². The van der Waals surface area contributed by atoms with Gasteiger partial charge in [-0.05, 0) is 50.5 Å². The Labute approximate surface area is 183 Å². The van der Waals surface area contributed by atoms with Crippen LogP contribution in [0.3, 0.4) is 0 Å². The van der Waals surface area contributed by atoms with Crippen LogP contribution in [0.15, 0.2) is 10.5 Å². The highest BCUT2D eigenvalue weighted by atomic mass is 79.9. The molecule has 10 nitrogen and oxygen atoms in total. The first kappa shape index (κ1) is 22.1. The topological polar surface area (TPSA) is 101 Å². The second kappa shape index (κ2) is 8.66. The minimum atomic E-state index is -0.622. The number of halogens is 1. The van der Waals surface area contributed by atoms with E-state index in [-0.39, 0.29) is 6.09 Å². The van der Waals surface area contributed by atoms with Crippen molar-refractivity contribution >= 4 is 45.4 Å². The lowest BCUT2D eigenvalue weighted by atomic mass is 10.2. The molecule has 1 saturated heterocycles. The summed E-state index contributed by atoms with van der Waals surface area (Å²) in [7, 11) is 0. The van der Waals surface area contributed by atoms with E-state index in [4.69, 9.17) is 14.5 Å². The van der Waals surface area contributed by atoms with Crippen LogP contribution in [0.25, 0.3) is 5.65 Å². The van der Waals surface area contributed by atoms with Crippen molar-refractivity contribution in [1.29, 1.82) is 0 Å². The van der Waals surface area contributed by atoms with Crippen LogP contribution >= 0.6 is 15.9 Å². The molecule has 11 heteroatoms. The first-order valence-corrected chi connectivity index (χ1v) is 10.6. The van der Waals surface area contributed by atoms with E-state index < -0.39 is 11.7 Å². The van der Waals surface area contributed by atoms with Crippen molar-refractivity contribution in [1.82, 2.24) is 19.5 Å². The average Bonchev–Trinajstić information content (AvgIpc) is 2.95. The minimum Gasteiger partial charge on any atom is -0.450 e. The third kappa shape index (κ3) is 4.94. The Bertz CT molecular complexity index is 947. The molecule has 3 rings (SSSR count). The van der Waals surface area contributed by atoms with E-state index in [1.165, 1.54) is 0 Å². The third-order valence-corrected chi connectivity index (χ3v) is 5.37. The minimum absolute atomic E-state index is 0.304. The normalized spacial score (nSPS) is 14.7. The van der Waals surface area contributed by atoms with Gasteiger partial charge in [-0.25, -0.2) is 14.6 Å². The Morgan fingerprint density at radius 2 is 1.90 bits per heavy atom. The van der Waals surface area contributed by atoms with Crippen molar-refractivity contribution < 1.29 is 19.1 Å². The Morgan fingerprint density at radius 3 is 2.50 bits per heavy atom. The van der Waals surface area contributed by atoms with Gasteiger partial charge >= 0.3 is 12.2 Å². The summed E-state index contributed by atoms with van der Waals surface area (Å²) in [5.41, 5.74) is 0.714. The zero-order valence-corrected chi connectivity index (χ0v) is 19.4. The number of hydrogen-bond acceptors (Lipinski definition) is 7. The second-order valence-electron chi connectivity index (χ2n) is 7.93. The van der Waals surface area contributed by atoms with Gasteiger partial charge in [0.05, 0.1) is 16.8 Å². The summed E-state index contributed by atoms with van der Waals surface area (Å²) in [6.07, 6.45) is -0.876. The molecule has 2 amide bonds. The summed E-state index contributed by atoms with van der Waals surface area (Å²) in [5.74, 6) is 1.13. The molecule has 2 aromatic rings. The molecule has 0 radical (unpaired) electrons. The zero-order chi connectivity index (χ0) is 22.1. The Hall–Kier alpha value is -2.56. The second-order valence-corrected chi connectivity index (χ2v) is 8.73. The van der Waals surface area contributed by atoms with Gasteiger partial charge in [-0.2, -0.15) is 9.61 Å². The van der Waals surface area contributed by atoms with Gasteiger partial charge in [0.15, 0.2) is 5.65 Å². The lowest BCUT2D eigenvalue weighted by molar-refractivity contribution is 0.0634. The standard InChI is InChI=1S/C19H27BrN6O4/c1-6-29-18(28)25-9-7-24(8-10-25)13-11-14(22-17(27)30-19(3,4)5)26-16(21-13)15(20)12(2)23-26/h11H,6-10H2,1-5H3,(H,22,27). The van der Waals surface area contributed by atoms with Crippen molar-refractivity contribution in [2.75, 3.05) is 43.0 Å². The van der Waals surface area contributed by atoms with Gasteiger partial charge in [0.25, 0.3) is 0 Å². The maximum Gasteiger partial charge on any atom is 0.413 e. The summed E-state index contributed by atoms with van der Waals surface area (Å²) in [4.78, 5) is 32.8. The van der Waals surface area contributed by atoms with Crippen LogP contribution in [0.1, 0.15) is 33.4 Å². The first-order chi connectivity index (χ1) is 14.1. The van der Waals surface area contributed by atoms with Crippen LogP contribution in [0.5, 0.6) is 0 Å². The molecule has 1 N–H and O–H groups in total. The van der Waals surface area contributed by atoms with Gasteiger partial charge in [-0.3, -0.25) is 5.32 Å². The Morgan fingerprint density at radius 1 is 1.23 bits per heavy atom. The molecule has 1 aliphatic rings. The molecule has 0 spiro atoms. The molecule has 30 heavy (non-hydrogen) atoms. The number of carbonyl (C=O) groups is 2. The first-order valence-electron chi connectivity index (χ1n) is 9.81. The zero-order valence-electron chi connectivity index (χ0n) is 17.9. The number of piperazine rings is 1. The molecule has 0 aliphatic carbocycles. The predicted octanol–water partition coefficient (Wildman–Crippen LogP) is 3.43. The number of rotatable bonds is 3. The smallest absolute Gasteiger partial charge is 0.413 e. The van der Waals surface area contributed by atoms with Crippen LogP contribution in [0.2, 0.25) is 0 Å². The van der Waals surface area contributed by atoms with Crippen molar-refractivity contribution in [2.45, 2.75) is 40.2 Å². The summed E-state index contributed by atoms with van der Waals surface area (Å²) in [6.45, 7) is 11.7. The van der Waals surface area contributed by atoms with E-state index in [1.54, 1.807) is 43.2 Å². The summed E-state index contributed by atoms with van der Waals surface area (Å²) < 4.78 is 12.8. The lowest BCUT2D eigenvalue weighted by Crippen LogP contribution is -2.49. The largest absolute Gasteiger partial charge is 0.450 e. The fourth-order valence-corrected chi connectivity index (χ4v) is 3.41. The summed E-state index contributed by atoms with van der Waals surface area (Å²) >= 11 is 3.53. The summed E-state index contributed by atoms with van der Waals surface area (Å²) in [6, 6.07) is 1.76. The highest BCUT2D eigenvalue weighted by Gasteiger charge is 2.25. The lowest BCUT2D eigenvalue weighted by Gasteiger charge is -2.34. The fraction of sp³-hybridized carbons (Fsp3) is 0.579. The van der Waals surface area contributed by atoms with E-state index >= 15 is 0 Å². The molecule has 1 aliphatic heterocycles. The number of nitrogens with zero attached hydrogens (tertiary/aromatic N) is 5. The van der Waals surface area contributed by atoms with Crippen LogP contribution < -0.4 is 10.2 Å². The molecule has 0 bridgehead atoms. The van der Waals surface area contributed by atoms with Gasteiger partial charge < -0.3 is 19.3 Å². The monoisotopic (exact) mass is 482 g/mol. The van der Waals surface area contributed by atoms with Crippen molar-refractivity contribution in [3.05, 3.63) is 16.2 Å². The third-order valence-electron chi connectivity index (χ3n) is 4.44. The number of fused-ring (bicyclic) bond motifs is 1. The molecule has 0 saturated carbocycles. The quantitative estimate of drug-likeness (QED) is 0.714. The average molecular weight is 483 g/mol. The highest BCUT2D eigenvalue weighted by Crippen LogP contribution is 2.28. The number of hydrogen-bond donors (Lipinski definition) is 1. The molecule has 0 atom stereocenters. The predicted molar refractivity (Wildman–Crippen MR) is 116 cm³/mol. The Balaban J connectivity index is 1.86. The molecule has 164 valence electrons. The van der Waals surface area contributed by atoms with Gasteiger partial charge in [0.1, 0.15) is 17.2 Å². The van der Waals surface area contributed by atoms with Crippen molar-refractivity contribution in [3.8, 4) is 0 Å². The Kier molecular flexibility index (Phi) is 6.39. The van der Waals surface area contributed by atoms with E-state index in [2.05, 4.69) is 31.2 Å². The van der Waals surface area contributed by atoms with Crippen molar-refractivity contribution in [3.63, 3.8) is 0 Å². The molecule has 1 fully saturated rings. The van der Waals surface area contributed by atoms with Gasteiger partial charge in [-0.1, -0.05) is 0 Å². The number of aryl methyl sites for hydroxylation is 1. The molecule has 3 heterocycles. The number of nitrogens with one attached hydrogen (secondary N) is 1. The number of aromatic nitrogens is 3. The van der Waals surface area contributed by atoms with E-state index in [0.717, 1.165) is 10.2 Å². The molecule has 2 aromatic heterocycles. The number of carbonyl (C=O) groups excluding carboxylic acids is 2. The highest BCUT2D eigenvalue weighted by molar-refractivity contribution is 9.10. The van der Waals surface area contributed by atoms with Crippen molar-refractivity contribution in [2.24, 2.45) is 0 Å². The molecule has 0 aromatic carbocycles. The number of anilines is 2. The summed E-state index contributed by atoms with van der Waals surface area (Å²) in [5, 5.41) is 7.23. The fourth-order valence-electron chi connectivity index (χ4n) is 3.08. The maximum atomic E-state index is 12.4. The number of ether oxygens (including phenoxy) is 2. The molecule has 0 unspecified atom stereocenters. The van der Waals surface area contributed by atoms with Gasteiger partial charge in [0.2, 0.25) is 0 Å². The van der Waals surface area contributed by atoms with E-state index in [1.807, 2.05) is 6.92 Å². The molecular weight excluding hydrogens is 456 g/mol. The van der Waals surface area contributed by atoms with Gasteiger partial charge in [0, 0.05) is 32.2 Å². The van der Waals surface area contributed by atoms with E-state index in [9.17, 15) is 9.59 Å². The SMILES string of the molecule is CCOC(=O)N1CCN(c2cc(NC(=O)OC(C)(C)C)n3nc(C)c(Br)c3n2)CC1. The van der Waals surface area contributed by atoms with Crippen LogP contribution in [0.4, 0.5) is 21.2 Å².